The van der Waals surface area contributed by atoms with Gasteiger partial charge in [0.2, 0.25) is 5.78 Å². The monoisotopic (exact) mass is 515 g/mol. The largest absolute Gasteiger partial charge is 0.493 e. The van der Waals surface area contributed by atoms with Crippen molar-refractivity contribution in [2.75, 3.05) is 14.2 Å². The van der Waals surface area contributed by atoms with Gasteiger partial charge in [0, 0.05) is 22.7 Å². The van der Waals surface area contributed by atoms with Crippen molar-refractivity contribution < 1.29 is 27.5 Å². The van der Waals surface area contributed by atoms with E-state index in [0.29, 0.717) is 28.6 Å². The van der Waals surface area contributed by atoms with Gasteiger partial charge in [-0.25, -0.2) is 17.4 Å². The van der Waals surface area contributed by atoms with Crippen LogP contribution in [0, 0.1) is 0 Å². The van der Waals surface area contributed by atoms with Gasteiger partial charge in [-0.1, -0.05) is 36.4 Å². The zero-order valence-corrected chi connectivity index (χ0v) is 20.7. The van der Waals surface area contributed by atoms with E-state index in [2.05, 4.69) is 9.97 Å². The minimum Gasteiger partial charge on any atom is -0.493 e. The summed E-state index contributed by atoms with van der Waals surface area (Å²) in [5.41, 5.74) is 1.50. The molecule has 0 atom stereocenters. The maximum atomic E-state index is 13.4. The Kier molecular flexibility index (Phi) is 6.10. The standard InChI is InChI=1S/C27H21N3O6S/c1-35-24-13-17(12-18(16-31)26(24)36-2)25(32)22-14-28-27(29-22)21-15-30(23-11-7-6-10-20(21)23)37(33,34)19-8-4-3-5-9-19/h3-16H,1-2H3,(H,28,29). The molecular weight excluding hydrogens is 494 g/mol. The Labute approximate surface area is 212 Å². The number of fused-ring (bicyclic) bond motifs is 1. The molecule has 0 aliphatic rings. The predicted molar refractivity (Wildman–Crippen MR) is 137 cm³/mol. The topological polar surface area (TPSA) is 120 Å². The zero-order valence-electron chi connectivity index (χ0n) is 19.8. The minimum atomic E-state index is -3.88. The number of para-hydroxylation sites is 1. The Morgan fingerprint density at radius 1 is 1.00 bits per heavy atom. The number of carbonyl (C=O) groups excluding carboxylic acids is 2. The number of hydrogen-bond donors (Lipinski definition) is 1. The van der Waals surface area contributed by atoms with Crippen molar-refractivity contribution in [2.24, 2.45) is 0 Å². The third-order valence-electron chi connectivity index (χ3n) is 5.95. The number of nitrogens with zero attached hydrogens (tertiary/aromatic N) is 2. The number of methoxy groups -OCH3 is 2. The molecule has 2 heterocycles. The van der Waals surface area contributed by atoms with E-state index < -0.39 is 15.8 Å². The molecule has 9 nitrogen and oxygen atoms in total. The number of rotatable bonds is 8. The average molecular weight is 516 g/mol. The van der Waals surface area contributed by atoms with Crippen LogP contribution < -0.4 is 9.47 Å². The maximum Gasteiger partial charge on any atom is 0.268 e. The van der Waals surface area contributed by atoms with Crippen molar-refractivity contribution in [1.82, 2.24) is 13.9 Å². The van der Waals surface area contributed by atoms with Crippen molar-refractivity contribution in [2.45, 2.75) is 4.90 Å². The van der Waals surface area contributed by atoms with Gasteiger partial charge in [-0.2, -0.15) is 0 Å². The smallest absolute Gasteiger partial charge is 0.268 e. The Balaban J connectivity index is 1.59. The number of hydrogen-bond acceptors (Lipinski definition) is 7. The molecule has 0 aliphatic heterocycles. The lowest BCUT2D eigenvalue weighted by molar-refractivity contribution is 0.103. The second-order valence-electron chi connectivity index (χ2n) is 8.07. The SMILES string of the molecule is COc1cc(C(=O)c2cnc(-c3cn(S(=O)(=O)c4ccccc4)c4ccccc34)[nH]2)cc(C=O)c1OC. The van der Waals surface area contributed by atoms with Gasteiger partial charge in [-0.3, -0.25) is 9.59 Å². The molecule has 0 radical (unpaired) electrons. The van der Waals surface area contributed by atoms with Gasteiger partial charge in [0.1, 0.15) is 11.5 Å². The summed E-state index contributed by atoms with van der Waals surface area (Å²) < 4.78 is 38.5. The Morgan fingerprint density at radius 3 is 2.43 bits per heavy atom. The molecule has 0 fully saturated rings. The van der Waals surface area contributed by atoms with E-state index in [1.54, 1.807) is 42.5 Å². The number of aldehydes is 1. The normalized spacial score (nSPS) is 11.4. The van der Waals surface area contributed by atoms with Gasteiger partial charge >= 0.3 is 0 Å². The fraction of sp³-hybridized carbons (Fsp3) is 0.0741. The van der Waals surface area contributed by atoms with Crippen molar-refractivity contribution in [3.63, 3.8) is 0 Å². The number of carbonyl (C=O) groups is 2. The molecule has 3 aromatic carbocycles. The molecule has 37 heavy (non-hydrogen) atoms. The van der Waals surface area contributed by atoms with E-state index >= 15 is 0 Å². The number of aromatic amines is 1. The molecule has 1 N–H and O–H groups in total. The predicted octanol–water partition coefficient (Wildman–Crippen LogP) is 4.33. The molecule has 0 amide bonds. The summed E-state index contributed by atoms with van der Waals surface area (Å²) >= 11 is 0. The second-order valence-corrected chi connectivity index (χ2v) is 9.88. The Morgan fingerprint density at radius 2 is 1.73 bits per heavy atom. The van der Waals surface area contributed by atoms with Crippen molar-refractivity contribution >= 4 is 33.0 Å². The van der Waals surface area contributed by atoms with Crippen LogP contribution in [0.3, 0.4) is 0 Å². The van der Waals surface area contributed by atoms with Crippen LogP contribution in [-0.4, -0.2) is 48.6 Å². The highest BCUT2D eigenvalue weighted by Gasteiger charge is 2.24. The van der Waals surface area contributed by atoms with Crippen LogP contribution in [0.25, 0.3) is 22.3 Å². The van der Waals surface area contributed by atoms with Crippen molar-refractivity contribution in [1.29, 1.82) is 0 Å². The van der Waals surface area contributed by atoms with Gasteiger partial charge in [0.05, 0.1) is 36.4 Å². The van der Waals surface area contributed by atoms with E-state index in [1.807, 2.05) is 0 Å². The van der Waals surface area contributed by atoms with E-state index in [0.717, 1.165) is 0 Å². The third-order valence-corrected chi connectivity index (χ3v) is 7.64. The van der Waals surface area contributed by atoms with Crippen LogP contribution in [-0.2, 0) is 10.0 Å². The summed E-state index contributed by atoms with van der Waals surface area (Å²) in [6.45, 7) is 0. The molecule has 186 valence electrons. The number of imidazole rings is 1. The van der Waals surface area contributed by atoms with Crippen LogP contribution in [0.5, 0.6) is 11.5 Å². The highest BCUT2D eigenvalue weighted by atomic mass is 32.2. The Bertz CT molecular complexity index is 1750. The van der Waals surface area contributed by atoms with Gasteiger partial charge in [0.15, 0.2) is 17.8 Å². The van der Waals surface area contributed by atoms with Gasteiger partial charge < -0.3 is 14.5 Å². The summed E-state index contributed by atoms with van der Waals surface area (Å²) in [4.78, 5) is 32.3. The summed E-state index contributed by atoms with van der Waals surface area (Å²) in [6, 6.07) is 18.1. The van der Waals surface area contributed by atoms with Crippen LogP contribution in [0.15, 0.2) is 84.0 Å². The molecule has 0 spiro atoms. The first-order valence-corrected chi connectivity index (χ1v) is 12.5. The van der Waals surface area contributed by atoms with E-state index in [-0.39, 0.29) is 33.2 Å². The maximum absolute atomic E-state index is 13.4. The minimum absolute atomic E-state index is 0.150. The average Bonchev–Trinajstić information content (AvgIpc) is 3.58. The highest BCUT2D eigenvalue weighted by Crippen LogP contribution is 2.34. The van der Waals surface area contributed by atoms with Gasteiger partial charge in [-0.05, 0) is 30.3 Å². The molecule has 0 saturated heterocycles. The molecule has 0 bridgehead atoms. The first kappa shape index (κ1) is 24.0. The molecule has 5 aromatic rings. The lowest BCUT2D eigenvalue weighted by Crippen LogP contribution is -2.11. The lowest BCUT2D eigenvalue weighted by atomic mass is 10.0. The van der Waals surface area contributed by atoms with E-state index in [4.69, 9.17) is 9.47 Å². The lowest BCUT2D eigenvalue weighted by Gasteiger charge is -2.11. The third kappa shape index (κ3) is 4.07. The van der Waals surface area contributed by atoms with Gasteiger partial charge in [0.25, 0.3) is 10.0 Å². The molecular formula is C27H21N3O6S. The quantitative estimate of drug-likeness (QED) is 0.241. The van der Waals surface area contributed by atoms with Crippen LogP contribution in [0.1, 0.15) is 26.4 Å². The number of H-pyrrole nitrogens is 1. The number of ether oxygens (including phenoxy) is 2. The molecule has 10 heteroatoms. The summed E-state index contributed by atoms with van der Waals surface area (Å²) in [5, 5.41) is 0.643. The van der Waals surface area contributed by atoms with Crippen molar-refractivity contribution in [3.8, 4) is 22.9 Å². The summed E-state index contributed by atoms with van der Waals surface area (Å²) in [5.74, 6) is 0.359. The van der Waals surface area contributed by atoms with Crippen molar-refractivity contribution in [3.05, 3.63) is 95.9 Å². The van der Waals surface area contributed by atoms with Crippen LogP contribution in [0.2, 0.25) is 0 Å². The highest BCUT2D eigenvalue weighted by molar-refractivity contribution is 7.90. The first-order chi connectivity index (χ1) is 17.9. The number of benzene rings is 3. The number of aromatic nitrogens is 3. The second kappa shape index (κ2) is 9.40. The fourth-order valence-corrected chi connectivity index (χ4v) is 5.58. The van der Waals surface area contributed by atoms with Gasteiger partial charge in [-0.15, -0.1) is 0 Å². The molecule has 2 aromatic heterocycles. The molecule has 5 rings (SSSR count). The summed E-state index contributed by atoms with van der Waals surface area (Å²) in [7, 11) is -1.06. The first-order valence-electron chi connectivity index (χ1n) is 11.1. The van der Waals surface area contributed by atoms with E-state index in [9.17, 15) is 18.0 Å². The number of ketones is 1. The molecule has 0 unspecified atom stereocenters. The Hall–Kier alpha value is -4.70. The van der Waals surface area contributed by atoms with Crippen LogP contribution >= 0.6 is 0 Å². The summed E-state index contributed by atoms with van der Waals surface area (Å²) in [6.07, 6.45) is 3.44. The number of nitrogens with one attached hydrogen (secondary N) is 1. The fourth-order valence-electron chi connectivity index (χ4n) is 4.18. The zero-order chi connectivity index (χ0) is 26.2. The molecule has 0 aliphatic carbocycles. The molecule has 0 saturated carbocycles. The van der Waals surface area contributed by atoms with Crippen LogP contribution in [0.4, 0.5) is 0 Å². The van der Waals surface area contributed by atoms with E-state index in [1.165, 1.54) is 54.9 Å².